The molecule has 3 N–H and O–H groups in total. The average molecular weight is 409 g/mol. The van der Waals surface area contributed by atoms with Crippen LogP contribution in [0, 0.1) is 17.1 Å². The van der Waals surface area contributed by atoms with Gasteiger partial charge < -0.3 is 16.0 Å². The zero-order chi connectivity index (χ0) is 21.3. The molecule has 3 heterocycles. The van der Waals surface area contributed by atoms with Gasteiger partial charge in [-0.1, -0.05) is 0 Å². The molecule has 1 unspecified atom stereocenters. The Bertz CT molecular complexity index is 1000. The number of carbonyl (C=O) groups is 1. The van der Waals surface area contributed by atoms with Crippen LogP contribution < -0.4 is 16.0 Å². The maximum absolute atomic E-state index is 14.4. The summed E-state index contributed by atoms with van der Waals surface area (Å²) in [6, 6.07) is 8.21. The second kappa shape index (κ2) is 7.88. The number of hydrogen-bond donors (Lipinski definition) is 3. The van der Waals surface area contributed by atoms with Gasteiger partial charge in [0.05, 0.1) is 11.4 Å². The average Bonchev–Trinajstić information content (AvgIpc) is 3.01. The molecule has 0 radical (unpaired) electrons. The monoisotopic (exact) mass is 409 g/mol. The Morgan fingerprint density at radius 1 is 1.40 bits per heavy atom. The van der Waals surface area contributed by atoms with E-state index in [0.717, 1.165) is 19.4 Å². The number of nitriles is 1. The maximum Gasteiger partial charge on any atom is 0.249 e. The third kappa shape index (κ3) is 3.44. The molecule has 1 aromatic heterocycles. The second-order valence-electron chi connectivity index (χ2n) is 7.78. The van der Waals surface area contributed by atoms with E-state index in [1.165, 1.54) is 12.1 Å². The number of benzene rings is 1. The summed E-state index contributed by atoms with van der Waals surface area (Å²) in [6.45, 7) is 5.74. The standard InChI is InChI=1S/C21H24FN7O/c1-3-24-17-10-13(22)9-16-19(17)26-20(30)21(16,2)29-8-4-5-15(12-29)25-18-7-6-14(11-23)27-28-18/h6-7,9-10,15,24H,3-5,8,12H2,1-2H3,(H,25,28)(H,26,30)/t15-,21?/m1/s1. The summed E-state index contributed by atoms with van der Waals surface area (Å²) in [6.07, 6.45) is 1.80. The maximum atomic E-state index is 14.4. The molecule has 0 saturated carbocycles. The normalized spacial score (nSPS) is 23.4. The van der Waals surface area contributed by atoms with Crippen molar-refractivity contribution in [3.05, 3.63) is 41.3 Å². The van der Waals surface area contributed by atoms with Crippen molar-refractivity contribution >= 4 is 23.1 Å². The van der Waals surface area contributed by atoms with Crippen LogP contribution >= 0.6 is 0 Å². The van der Waals surface area contributed by atoms with Gasteiger partial charge >= 0.3 is 0 Å². The Labute approximate surface area is 174 Å². The molecule has 9 heteroatoms. The number of halogens is 1. The Kier molecular flexibility index (Phi) is 5.26. The van der Waals surface area contributed by atoms with E-state index in [-0.39, 0.29) is 23.5 Å². The van der Waals surface area contributed by atoms with Gasteiger partial charge in [0.25, 0.3) is 0 Å². The topological polar surface area (TPSA) is 106 Å². The van der Waals surface area contributed by atoms with Crippen LogP contribution in [0.25, 0.3) is 0 Å². The van der Waals surface area contributed by atoms with Crippen LogP contribution in [-0.2, 0) is 10.3 Å². The van der Waals surface area contributed by atoms with E-state index in [1.54, 1.807) is 12.1 Å². The van der Waals surface area contributed by atoms with Crippen molar-refractivity contribution in [3.63, 3.8) is 0 Å². The third-order valence-corrected chi connectivity index (χ3v) is 5.86. The SMILES string of the molecule is CCNc1cc(F)cc2c1NC(=O)C2(C)N1CCC[C@@H](Nc2ccc(C#N)nn2)C1. The zero-order valence-corrected chi connectivity index (χ0v) is 17.0. The number of anilines is 3. The van der Waals surface area contributed by atoms with Crippen LogP contribution in [0.2, 0.25) is 0 Å². The predicted molar refractivity (Wildman–Crippen MR) is 112 cm³/mol. The lowest BCUT2D eigenvalue weighted by atomic mass is 9.88. The van der Waals surface area contributed by atoms with Crippen LogP contribution in [0.5, 0.6) is 0 Å². The number of nitrogens with one attached hydrogen (secondary N) is 3. The van der Waals surface area contributed by atoms with E-state index in [0.29, 0.717) is 35.8 Å². The number of aromatic nitrogens is 2. The number of amides is 1. The van der Waals surface area contributed by atoms with Crippen LogP contribution in [0.4, 0.5) is 21.6 Å². The van der Waals surface area contributed by atoms with Gasteiger partial charge in [-0.05, 0) is 57.5 Å². The van der Waals surface area contributed by atoms with Crippen molar-refractivity contribution in [2.45, 2.75) is 38.3 Å². The summed E-state index contributed by atoms with van der Waals surface area (Å²) in [5.74, 6) is 0.0655. The highest BCUT2D eigenvalue weighted by molar-refractivity contribution is 6.08. The Hall–Kier alpha value is -3.25. The highest BCUT2D eigenvalue weighted by Crippen LogP contribution is 2.45. The highest BCUT2D eigenvalue weighted by Gasteiger charge is 2.49. The van der Waals surface area contributed by atoms with Crippen molar-refractivity contribution in [1.82, 2.24) is 15.1 Å². The first-order valence-electron chi connectivity index (χ1n) is 10.1. The predicted octanol–water partition coefficient (Wildman–Crippen LogP) is 2.66. The molecule has 156 valence electrons. The minimum Gasteiger partial charge on any atom is -0.384 e. The van der Waals surface area contributed by atoms with Crippen molar-refractivity contribution in [2.75, 3.05) is 35.6 Å². The van der Waals surface area contributed by atoms with Crippen molar-refractivity contribution in [3.8, 4) is 6.07 Å². The zero-order valence-electron chi connectivity index (χ0n) is 17.0. The van der Waals surface area contributed by atoms with E-state index >= 15 is 0 Å². The Balaban J connectivity index is 1.59. The molecule has 1 fully saturated rings. The second-order valence-corrected chi connectivity index (χ2v) is 7.78. The molecule has 0 aliphatic carbocycles. The van der Waals surface area contributed by atoms with E-state index in [4.69, 9.17) is 5.26 Å². The highest BCUT2D eigenvalue weighted by atomic mass is 19.1. The number of hydrogen-bond acceptors (Lipinski definition) is 7. The van der Waals surface area contributed by atoms with Crippen molar-refractivity contribution in [2.24, 2.45) is 0 Å². The van der Waals surface area contributed by atoms with Gasteiger partial charge in [0.1, 0.15) is 23.2 Å². The number of rotatable bonds is 5. The van der Waals surface area contributed by atoms with Crippen LogP contribution in [0.1, 0.15) is 37.9 Å². The molecule has 2 aromatic rings. The van der Waals surface area contributed by atoms with Gasteiger partial charge in [0.15, 0.2) is 5.69 Å². The lowest BCUT2D eigenvalue weighted by Crippen LogP contribution is -2.55. The molecule has 1 amide bonds. The lowest BCUT2D eigenvalue weighted by molar-refractivity contribution is -0.127. The molecule has 0 spiro atoms. The van der Waals surface area contributed by atoms with Gasteiger partial charge in [0.2, 0.25) is 5.91 Å². The molecule has 30 heavy (non-hydrogen) atoms. The molecule has 1 saturated heterocycles. The van der Waals surface area contributed by atoms with Gasteiger partial charge in [-0.2, -0.15) is 5.26 Å². The molecule has 8 nitrogen and oxygen atoms in total. The first-order chi connectivity index (χ1) is 14.5. The van der Waals surface area contributed by atoms with Crippen LogP contribution in [0.15, 0.2) is 24.3 Å². The van der Waals surface area contributed by atoms with Gasteiger partial charge in [-0.15, -0.1) is 10.2 Å². The smallest absolute Gasteiger partial charge is 0.249 e. The lowest BCUT2D eigenvalue weighted by Gasteiger charge is -2.42. The van der Waals surface area contributed by atoms with E-state index in [9.17, 15) is 9.18 Å². The fraction of sp³-hybridized carbons (Fsp3) is 0.429. The van der Waals surface area contributed by atoms with Gasteiger partial charge in [-0.25, -0.2) is 4.39 Å². The fourth-order valence-electron chi connectivity index (χ4n) is 4.31. The molecule has 2 aliphatic rings. The number of carbonyl (C=O) groups excluding carboxylic acids is 1. The first kappa shape index (κ1) is 20.0. The molecule has 1 aromatic carbocycles. The minimum atomic E-state index is -0.960. The Morgan fingerprint density at radius 3 is 2.93 bits per heavy atom. The van der Waals surface area contributed by atoms with Crippen LogP contribution in [-0.4, -0.2) is 46.7 Å². The number of piperidine rings is 1. The van der Waals surface area contributed by atoms with Gasteiger partial charge in [0, 0.05) is 24.7 Å². The van der Waals surface area contributed by atoms with Crippen LogP contribution in [0.3, 0.4) is 0 Å². The summed E-state index contributed by atoms with van der Waals surface area (Å²) >= 11 is 0. The Morgan fingerprint density at radius 2 is 2.23 bits per heavy atom. The quantitative estimate of drug-likeness (QED) is 0.697. The fourth-order valence-corrected chi connectivity index (χ4v) is 4.31. The number of likely N-dealkylation sites (tertiary alicyclic amines) is 1. The first-order valence-corrected chi connectivity index (χ1v) is 10.1. The van der Waals surface area contributed by atoms with Crippen molar-refractivity contribution in [1.29, 1.82) is 5.26 Å². The molecule has 0 bridgehead atoms. The summed E-state index contributed by atoms with van der Waals surface area (Å²) < 4.78 is 14.4. The molecule has 4 rings (SSSR count). The van der Waals surface area contributed by atoms with E-state index in [2.05, 4.69) is 31.0 Å². The number of nitrogens with zero attached hydrogens (tertiary/aromatic N) is 4. The molecule has 2 aliphatic heterocycles. The summed E-state index contributed by atoms with van der Waals surface area (Å²) in [7, 11) is 0. The third-order valence-electron chi connectivity index (χ3n) is 5.86. The largest absolute Gasteiger partial charge is 0.384 e. The summed E-state index contributed by atoms with van der Waals surface area (Å²) in [4.78, 5) is 15.2. The molecule has 2 atom stereocenters. The van der Waals surface area contributed by atoms with Gasteiger partial charge in [-0.3, -0.25) is 9.69 Å². The molecular formula is C21H24FN7O. The van der Waals surface area contributed by atoms with E-state index in [1.807, 2.05) is 19.9 Å². The molecular weight excluding hydrogens is 385 g/mol. The summed E-state index contributed by atoms with van der Waals surface area (Å²) in [5, 5.41) is 26.2. The van der Waals surface area contributed by atoms with Crippen molar-refractivity contribution < 1.29 is 9.18 Å². The summed E-state index contributed by atoms with van der Waals surface area (Å²) in [5.41, 5.74) is 1.21. The van der Waals surface area contributed by atoms with E-state index < -0.39 is 5.54 Å². The minimum absolute atomic E-state index is 0.0523. The number of fused-ring (bicyclic) bond motifs is 1.